The molecule has 0 radical (unpaired) electrons. The Hall–Kier alpha value is -2.71. The Morgan fingerprint density at radius 3 is 2.26 bits per heavy atom. The fraction of sp³-hybridized carbons (Fsp3) is 0.483. The standard InChI is InChI=1S/C29H40ClN3O4S/c1-8-20-13-15-21(16-14-20)25(26(34)32-24-19(3)11-10-12-22(24)30)33(9-2)27(35)23(17-18-38-7)31-28(36)37-29(4,5)6/h10-16,23,25H,8-9,17-18H2,1-7H3,(H,31,36)(H,32,34). The van der Waals surface area contributed by atoms with E-state index in [4.69, 9.17) is 16.3 Å². The molecular formula is C29H40ClN3O4S. The van der Waals surface area contributed by atoms with Crippen molar-refractivity contribution in [2.24, 2.45) is 0 Å². The number of hydrogen-bond acceptors (Lipinski definition) is 5. The van der Waals surface area contributed by atoms with Gasteiger partial charge in [0.2, 0.25) is 5.91 Å². The average molecular weight is 562 g/mol. The van der Waals surface area contributed by atoms with Crippen LogP contribution in [0, 0.1) is 6.92 Å². The summed E-state index contributed by atoms with van der Waals surface area (Å²) in [4.78, 5) is 41.9. The van der Waals surface area contributed by atoms with Gasteiger partial charge in [-0.15, -0.1) is 0 Å². The smallest absolute Gasteiger partial charge is 0.408 e. The molecule has 38 heavy (non-hydrogen) atoms. The number of likely N-dealkylation sites (N-methyl/N-ethyl adjacent to an activating group) is 1. The number of nitrogens with one attached hydrogen (secondary N) is 2. The van der Waals surface area contributed by atoms with E-state index in [0.29, 0.717) is 28.4 Å². The van der Waals surface area contributed by atoms with Crippen LogP contribution in [0.15, 0.2) is 42.5 Å². The van der Waals surface area contributed by atoms with Crippen LogP contribution in [0.1, 0.15) is 63.8 Å². The number of nitrogens with zero attached hydrogens (tertiary/aromatic N) is 1. The van der Waals surface area contributed by atoms with Crippen LogP contribution in [0.3, 0.4) is 0 Å². The van der Waals surface area contributed by atoms with Crippen molar-refractivity contribution in [2.45, 2.75) is 72.1 Å². The molecule has 0 bridgehead atoms. The molecule has 2 atom stereocenters. The highest BCUT2D eigenvalue weighted by atomic mass is 35.5. The second-order valence-corrected chi connectivity index (χ2v) is 11.4. The first-order valence-corrected chi connectivity index (χ1v) is 14.6. The lowest BCUT2D eigenvalue weighted by atomic mass is 10.00. The Morgan fingerprint density at radius 2 is 1.74 bits per heavy atom. The van der Waals surface area contributed by atoms with E-state index < -0.39 is 23.8 Å². The molecule has 0 aliphatic heterocycles. The van der Waals surface area contributed by atoms with Gasteiger partial charge in [0.05, 0.1) is 10.7 Å². The molecule has 0 aliphatic carbocycles. The summed E-state index contributed by atoms with van der Waals surface area (Å²) in [7, 11) is 0. The summed E-state index contributed by atoms with van der Waals surface area (Å²) in [5.74, 6) is -0.102. The predicted octanol–water partition coefficient (Wildman–Crippen LogP) is 6.39. The summed E-state index contributed by atoms with van der Waals surface area (Å²) in [6.45, 7) is 11.3. The molecule has 0 saturated carbocycles. The maximum atomic E-state index is 14.0. The quantitative estimate of drug-likeness (QED) is 0.332. The van der Waals surface area contributed by atoms with E-state index in [1.54, 1.807) is 38.6 Å². The van der Waals surface area contributed by atoms with E-state index >= 15 is 0 Å². The van der Waals surface area contributed by atoms with Crippen molar-refractivity contribution in [3.63, 3.8) is 0 Å². The summed E-state index contributed by atoms with van der Waals surface area (Å²) < 4.78 is 5.41. The average Bonchev–Trinajstić information content (AvgIpc) is 2.85. The van der Waals surface area contributed by atoms with Crippen molar-refractivity contribution in [1.82, 2.24) is 10.2 Å². The summed E-state index contributed by atoms with van der Waals surface area (Å²) >= 11 is 7.97. The Labute approximate surface area is 236 Å². The Kier molecular flexibility index (Phi) is 12.0. The number of amides is 3. The molecule has 2 aromatic carbocycles. The van der Waals surface area contributed by atoms with Gasteiger partial charge in [-0.3, -0.25) is 9.59 Å². The van der Waals surface area contributed by atoms with Crippen molar-refractivity contribution in [3.8, 4) is 0 Å². The molecule has 0 heterocycles. The monoisotopic (exact) mass is 561 g/mol. The van der Waals surface area contributed by atoms with Gasteiger partial charge in [-0.05, 0) is 82.2 Å². The molecule has 2 aromatic rings. The number of aryl methyl sites for hydroxylation is 2. The SMILES string of the molecule is CCc1ccc(C(C(=O)Nc2c(C)cccc2Cl)N(CC)C(=O)C(CCSC)NC(=O)OC(C)(C)C)cc1. The van der Waals surface area contributed by atoms with Crippen LogP contribution in [0.4, 0.5) is 10.5 Å². The Morgan fingerprint density at radius 1 is 1.08 bits per heavy atom. The van der Waals surface area contributed by atoms with E-state index in [-0.39, 0.29) is 18.4 Å². The number of para-hydroxylation sites is 1. The minimum Gasteiger partial charge on any atom is -0.444 e. The van der Waals surface area contributed by atoms with Crippen molar-refractivity contribution in [3.05, 3.63) is 64.2 Å². The van der Waals surface area contributed by atoms with Crippen LogP contribution >= 0.6 is 23.4 Å². The van der Waals surface area contributed by atoms with Gasteiger partial charge in [0.1, 0.15) is 17.7 Å². The first-order chi connectivity index (χ1) is 17.9. The third-order valence-electron chi connectivity index (χ3n) is 5.96. The van der Waals surface area contributed by atoms with Gasteiger partial charge < -0.3 is 20.3 Å². The highest BCUT2D eigenvalue weighted by molar-refractivity contribution is 7.98. The van der Waals surface area contributed by atoms with Gasteiger partial charge in [-0.1, -0.05) is 54.9 Å². The van der Waals surface area contributed by atoms with Crippen molar-refractivity contribution in [1.29, 1.82) is 0 Å². The second-order valence-electron chi connectivity index (χ2n) is 10.0. The molecule has 0 aliphatic rings. The maximum absolute atomic E-state index is 14.0. The zero-order chi connectivity index (χ0) is 28.5. The second kappa shape index (κ2) is 14.4. The zero-order valence-corrected chi connectivity index (χ0v) is 25.0. The Bertz CT molecular complexity index is 1080. The number of carbonyl (C=O) groups is 3. The van der Waals surface area contributed by atoms with Gasteiger partial charge >= 0.3 is 6.09 Å². The van der Waals surface area contributed by atoms with Crippen LogP contribution in [-0.2, 0) is 20.7 Å². The number of ether oxygens (including phenoxy) is 1. The molecule has 3 amide bonds. The van der Waals surface area contributed by atoms with Gasteiger partial charge in [-0.2, -0.15) is 11.8 Å². The maximum Gasteiger partial charge on any atom is 0.408 e. The van der Waals surface area contributed by atoms with E-state index in [9.17, 15) is 14.4 Å². The predicted molar refractivity (Wildman–Crippen MR) is 157 cm³/mol. The van der Waals surface area contributed by atoms with Crippen molar-refractivity contribution >= 4 is 47.0 Å². The molecule has 0 fully saturated rings. The van der Waals surface area contributed by atoms with E-state index in [1.165, 1.54) is 4.90 Å². The molecule has 0 spiro atoms. The molecule has 2 rings (SSSR count). The van der Waals surface area contributed by atoms with E-state index in [2.05, 4.69) is 17.6 Å². The van der Waals surface area contributed by atoms with Gasteiger partial charge in [0.25, 0.3) is 5.91 Å². The van der Waals surface area contributed by atoms with Crippen LogP contribution in [0.5, 0.6) is 0 Å². The van der Waals surface area contributed by atoms with E-state index in [1.807, 2.05) is 56.5 Å². The van der Waals surface area contributed by atoms with Gasteiger partial charge in [0.15, 0.2) is 0 Å². The highest BCUT2D eigenvalue weighted by Crippen LogP contribution is 2.29. The number of rotatable bonds is 11. The molecule has 2 unspecified atom stereocenters. The molecule has 9 heteroatoms. The fourth-order valence-corrected chi connectivity index (χ4v) is 4.74. The number of alkyl carbamates (subject to hydrolysis) is 1. The molecule has 208 valence electrons. The number of halogens is 1. The van der Waals surface area contributed by atoms with Gasteiger partial charge in [-0.25, -0.2) is 4.79 Å². The van der Waals surface area contributed by atoms with Crippen LogP contribution in [-0.4, -0.2) is 53.0 Å². The number of thioether (sulfide) groups is 1. The topological polar surface area (TPSA) is 87.7 Å². The van der Waals surface area contributed by atoms with E-state index in [0.717, 1.165) is 17.5 Å². The van der Waals surface area contributed by atoms with Crippen molar-refractivity contribution < 1.29 is 19.1 Å². The first kappa shape index (κ1) is 31.5. The van der Waals surface area contributed by atoms with Gasteiger partial charge in [0, 0.05) is 6.54 Å². The summed E-state index contributed by atoms with van der Waals surface area (Å²) in [5, 5.41) is 6.10. The number of benzene rings is 2. The minimum atomic E-state index is -0.939. The fourth-order valence-electron chi connectivity index (χ4n) is 4.00. The van der Waals surface area contributed by atoms with Crippen molar-refractivity contribution in [2.75, 3.05) is 23.9 Å². The molecule has 2 N–H and O–H groups in total. The summed E-state index contributed by atoms with van der Waals surface area (Å²) in [5.41, 5.74) is 2.39. The van der Waals surface area contributed by atoms with Crippen LogP contribution < -0.4 is 10.6 Å². The van der Waals surface area contributed by atoms with Crippen LogP contribution in [0.2, 0.25) is 5.02 Å². The largest absolute Gasteiger partial charge is 0.444 e. The molecule has 7 nitrogen and oxygen atoms in total. The normalized spacial score (nSPS) is 12.8. The lowest BCUT2D eigenvalue weighted by Gasteiger charge is -2.34. The number of carbonyl (C=O) groups excluding carboxylic acids is 3. The third-order valence-corrected chi connectivity index (χ3v) is 6.92. The highest BCUT2D eigenvalue weighted by Gasteiger charge is 2.35. The third kappa shape index (κ3) is 8.95. The minimum absolute atomic E-state index is 0.250. The number of hydrogen-bond donors (Lipinski definition) is 2. The molecule has 0 saturated heterocycles. The Balaban J connectivity index is 2.48. The lowest BCUT2D eigenvalue weighted by Crippen LogP contribution is -2.52. The molecular weight excluding hydrogens is 522 g/mol. The lowest BCUT2D eigenvalue weighted by molar-refractivity contribution is -0.140. The van der Waals surface area contributed by atoms with Crippen LogP contribution in [0.25, 0.3) is 0 Å². The number of anilines is 1. The molecule has 0 aromatic heterocycles. The summed E-state index contributed by atoms with van der Waals surface area (Å²) in [6.07, 6.45) is 2.50. The summed E-state index contributed by atoms with van der Waals surface area (Å²) in [6, 6.07) is 11.2. The zero-order valence-electron chi connectivity index (χ0n) is 23.4. The first-order valence-electron chi connectivity index (χ1n) is 12.9.